The van der Waals surface area contributed by atoms with E-state index in [0.29, 0.717) is 15.8 Å². The van der Waals surface area contributed by atoms with E-state index in [-0.39, 0.29) is 17.6 Å². The van der Waals surface area contributed by atoms with Crippen LogP contribution in [0.15, 0.2) is 6.07 Å². The number of thiophene rings is 1. The van der Waals surface area contributed by atoms with E-state index in [9.17, 15) is 9.90 Å². The zero-order chi connectivity index (χ0) is 20.3. The minimum absolute atomic E-state index is 0.120. The molecule has 2 heterocycles. The summed E-state index contributed by atoms with van der Waals surface area (Å²) in [6.45, 7) is 7.96. The SMILES string of the molecule is Cc1nsc(OC2CCC(Nc3cc(C#CC(C)(C)C)sc3C(=O)O)CC2)n1. The molecule has 28 heavy (non-hydrogen) atoms. The van der Waals surface area contributed by atoms with Gasteiger partial charge in [0, 0.05) is 23.0 Å². The lowest BCUT2D eigenvalue weighted by Gasteiger charge is -2.29. The largest absolute Gasteiger partial charge is 0.477 e. The third-order valence-electron chi connectivity index (χ3n) is 4.30. The molecule has 0 atom stereocenters. The predicted octanol–water partition coefficient (Wildman–Crippen LogP) is 4.81. The molecule has 1 saturated carbocycles. The highest BCUT2D eigenvalue weighted by molar-refractivity contribution is 7.15. The number of carbonyl (C=O) groups is 1. The Labute approximate surface area is 173 Å². The molecular weight excluding hydrogens is 394 g/mol. The minimum atomic E-state index is -0.917. The molecule has 0 saturated heterocycles. The average molecular weight is 420 g/mol. The third kappa shape index (κ3) is 5.69. The van der Waals surface area contributed by atoms with Crippen molar-refractivity contribution in [2.45, 2.75) is 65.5 Å². The summed E-state index contributed by atoms with van der Waals surface area (Å²) in [5, 5.41) is 13.6. The Morgan fingerprint density at radius 3 is 2.61 bits per heavy atom. The van der Waals surface area contributed by atoms with Gasteiger partial charge in [-0.1, -0.05) is 11.8 Å². The molecule has 0 spiro atoms. The number of aryl methyl sites for hydroxylation is 1. The van der Waals surface area contributed by atoms with Gasteiger partial charge in [-0.25, -0.2) is 4.79 Å². The van der Waals surface area contributed by atoms with E-state index in [1.54, 1.807) is 0 Å². The molecule has 1 aliphatic rings. The fraction of sp³-hybridized carbons (Fsp3) is 0.550. The van der Waals surface area contributed by atoms with Crippen molar-refractivity contribution >= 4 is 34.5 Å². The molecule has 150 valence electrons. The molecule has 1 aliphatic carbocycles. The average Bonchev–Trinajstić information content (AvgIpc) is 3.20. The Kier molecular flexibility index (Phi) is 6.26. The maximum absolute atomic E-state index is 11.6. The monoisotopic (exact) mass is 419 g/mol. The van der Waals surface area contributed by atoms with E-state index in [0.717, 1.165) is 36.4 Å². The molecule has 0 aliphatic heterocycles. The maximum Gasteiger partial charge on any atom is 0.348 e. The van der Waals surface area contributed by atoms with Crippen LogP contribution >= 0.6 is 22.9 Å². The molecule has 0 amide bonds. The lowest BCUT2D eigenvalue weighted by Crippen LogP contribution is -2.31. The van der Waals surface area contributed by atoms with Gasteiger partial charge in [0.2, 0.25) is 0 Å². The minimum Gasteiger partial charge on any atom is -0.477 e. The van der Waals surface area contributed by atoms with Crippen molar-refractivity contribution < 1.29 is 14.6 Å². The molecule has 2 aromatic heterocycles. The maximum atomic E-state index is 11.6. The van der Waals surface area contributed by atoms with Gasteiger partial charge < -0.3 is 15.2 Å². The summed E-state index contributed by atoms with van der Waals surface area (Å²) < 4.78 is 10.1. The molecule has 3 rings (SSSR count). The lowest BCUT2D eigenvalue weighted by atomic mass is 9.93. The van der Waals surface area contributed by atoms with Crippen molar-refractivity contribution in [2.75, 3.05) is 5.32 Å². The summed E-state index contributed by atoms with van der Waals surface area (Å²) in [6, 6.07) is 2.09. The second-order valence-electron chi connectivity index (χ2n) is 8.00. The normalized spacial score (nSPS) is 19.6. The fourth-order valence-electron chi connectivity index (χ4n) is 2.98. The van der Waals surface area contributed by atoms with Crippen LogP contribution in [0.25, 0.3) is 0 Å². The van der Waals surface area contributed by atoms with Crippen LogP contribution in [0.3, 0.4) is 0 Å². The summed E-state index contributed by atoms with van der Waals surface area (Å²) in [5.41, 5.74) is 0.546. The highest BCUT2D eigenvalue weighted by atomic mass is 32.1. The molecule has 1 fully saturated rings. The number of nitrogens with zero attached hydrogens (tertiary/aromatic N) is 2. The zero-order valence-corrected chi connectivity index (χ0v) is 18.2. The van der Waals surface area contributed by atoms with Crippen LogP contribution in [0, 0.1) is 24.2 Å². The zero-order valence-electron chi connectivity index (χ0n) is 16.5. The van der Waals surface area contributed by atoms with Crippen molar-refractivity contribution in [2.24, 2.45) is 5.41 Å². The van der Waals surface area contributed by atoms with Gasteiger partial charge in [0.1, 0.15) is 16.8 Å². The van der Waals surface area contributed by atoms with E-state index in [4.69, 9.17) is 4.74 Å². The highest BCUT2D eigenvalue weighted by Crippen LogP contribution is 2.31. The van der Waals surface area contributed by atoms with Gasteiger partial charge in [-0.2, -0.15) is 9.36 Å². The molecule has 0 bridgehead atoms. The van der Waals surface area contributed by atoms with Gasteiger partial charge in [0.15, 0.2) is 0 Å². The number of nitrogens with one attached hydrogen (secondary N) is 1. The molecule has 8 heteroatoms. The van der Waals surface area contributed by atoms with E-state index < -0.39 is 5.97 Å². The summed E-state index contributed by atoms with van der Waals surface area (Å²) >= 11 is 2.51. The van der Waals surface area contributed by atoms with Gasteiger partial charge in [0.25, 0.3) is 5.19 Å². The Balaban J connectivity index is 1.61. The number of aromatic nitrogens is 2. The van der Waals surface area contributed by atoms with Crippen LogP contribution in [-0.4, -0.2) is 32.6 Å². The summed E-state index contributed by atoms with van der Waals surface area (Å²) in [6.07, 6.45) is 3.78. The Morgan fingerprint density at radius 2 is 2.04 bits per heavy atom. The Morgan fingerprint density at radius 1 is 1.32 bits per heavy atom. The van der Waals surface area contributed by atoms with Gasteiger partial charge in [-0.3, -0.25) is 0 Å². The number of ether oxygens (including phenoxy) is 1. The molecule has 6 nitrogen and oxygen atoms in total. The predicted molar refractivity (Wildman–Crippen MR) is 113 cm³/mol. The van der Waals surface area contributed by atoms with Gasteiger partial charge in [-0.15, -0.1) is 11.3 Å². The Bertz CT molecular complexity index is 894. The van der Waals surface area contributed by atoms with E-state index >= 15 is 0 Å². The number of hydrogen-bond acceptors (Lipinski definition) is 7. The van der Waals surface area contributed by atoms with Crippen LogP contribution < -0.4 is 10.1 Å². The number of anilines is 1. The van der Waals surface area contributed by atoms with Crippen molar-refractivity contribution in [3.8, 4) is 17.0 Å². The first kappa shape index (κ1) is 20.6. The van der Waals surface area contributed by atoms with Gasteiger partial charge in [-0.05, 0) is 59.4 Å². The number of carboxylic acid groups (broad SMARTS) is 1. The van der Waals surface area contributed by atoms with Crippen LogP contribution in [0.1, 0.15) is 66.8 Å². The number of aromatic carboxylic acids is 1. The van der Waals surface area contributed by atoms with Crippen LogP contribution in [0.5, 0.6) is 5.19 Å². The third-order valence-corrected chi connectivity index (χ3v) is 6.03. The summed E-state index contributed by atoms with van der Waals surface area (Å²) in [4.78, 5) is 17.0. The molecule has 2 N–H and O–H groups in total. The first-order valence-electron chi connectivity index (χ1n) is 9.33. The lowest BCUT2D eigenvalue weighted by molar-refractivity contribution is 0.0703. The van der Waals surface area contributed by atoms with E-state index in [1.165, 1.54) is 22.9 Å². The van der Waals surface area contributed by atoms with Crippen molar-refractivity contribution in [1.29, 1.82) is 0 Å². The fourth-order valence-corrected chi connectivity index (χ4v) is 4.40. The number of rotatable bonds is 5. The molecular formula is C20H25N3O3S2. The Hall–Kier alpha value is -2.11. The summed E-state index contributed by atoms with van der Waals surface area (Å²) in [5.74, 6) is 6.09. The van der Waals surface area contributed by atoms with Gasteiger partial charge >= 0.3 is 5.97 Å². The van der Waals surface area contributed by atoms with E-state index in [2.05, 4.69) is 26.5 Å². The van der Waals surface area contributed by atoms with Crippen molar-refractivity contribution in [1.82, 2.24) is 9.36 Å². The first-order valence-corrected chi connectivity index (χ1v) is 10.9. The molecule has 0 aromatic carbocycles. The number of hydrogen-bond donors (Lipinski definition) is 2. The van der Waals surface area contributed by atoms with E-state index in [1.807, 2.05) is 33.8 Å². The smallest absolute Gasteiger partial charge is 0.348 e. The molecule has 0 unspecified atom stereocenters. The topological polar surface area (TPSA) is 84.3 Å². The second kappa shape index (κ2) is 8.50. The highest BCUT2D eigenvalue weighted by Gasteiger charge is 2.25. The molecule has 0 radical (unpaired) electrons. The van der Waals surface area contributed by atoms with Crippen molar-refractivity contribution in [3.05, 3.63) is 21.6 Å². The number of carboxylic acids is 1. The van der Waals surface area contributed by atoms with Gasteiger partial charge in [0.05, 0.1) is 10.6 Å². The molecule has 2 aromatic rings. The van der Waals surface area contributed by atoms with Crippen LogP contribution in [-0.2, 0) is 0 Å². The van der Waals surface area contributed by atoms with Crippen LogP contribution in [0.4, 0.5) is 5.69 Å². The van der Waals surface area contributed by atoms with Crippen molar-refractivity contribution in [3.63, 3.8) is 0 Å². The summed E-state index contributed by atoms with van der Waals surface area (Å²) in [7, 11) is 0. The standard InChI is InChI=1S/C20H25N3O3S2/c1-12-21-19(28-23-12)26-14-7-5-13(6-8-14)22-16-11-15(9-10-20(2,3)4)27-17(16)18(24)25/h11,13-14,22H,5-8H2,1-4H3,(H,24,25). The van der Waals surface area contributed by atoms with Crippen LogP contribution in [0.2, 0.25) is 0 Å². The second-order valence-corrected chi connectivity index (χ2v) is 9.77. The quantitative estimate of drug-likeness (QED) is 0.677. The first-order chi connectivity index (χ1) is 13.2.